The van der Waals surface area contributed by atoms with Crippen LogP contribution in [-0.4, -0.2) is 24.6 Å². The lowest BCUT2D eigenvalue weighted by molar-refractivity contribution is -0.145. The first-order valence-electron chi connectivity index (χ1n) is 6.21. The van der Waals surface area contributed by atoms with E-state index in [0.717, 1.165) is 17.3 Å². The van der Waals surface area contributed by atoms with Crippen LogP contribution in [0.2, 0.25) is 0 Å². The van der Waals surface area contributed by atoms with Crippen LogP contribution in [0.15, 0.2) is 15.9 Å². The van der Waals surface area contributed by atoms with E-state index >= 15 is 0 Å². The Balaban J connectivity index is 1.95. The maximum Gasteiger partial charge on any atom is 0.349 e. The topological polar surface area (TPSA) is 52.6 Å². The van der Waals surface area contributed by atoms with Crippen molar-refractivity contribution in [2.24, 2.45) is 5.92 Å². The van der Waals surface area contributed by atoms with Crippen molar-refractivity contribution in [1.82, 2.24) is 0 Å². The van der Waals surface area contributed by atoms with E-state index in [9.17, 15) is 9.59 Å². The second-order valence-corrected chi connectivity index (χ2v) is 6.16. The first-order chi connectivity index (χ1) is 9.11. The van der Waals surface area contributed by atoms with Crippen LogP contribution in [0.1, 0.15) is 35.9 Å². The monoisotopic (exact) mass is 346 g/mol. The highest BCUT2D eigenvalue weighted by Crippen LogP contribution is 2.37. The lowest BCUT2D eigenvalue weighted by atomic mass is 10.1. The molecule has 104 valence electrons. The molecular weight excluding hydrogens is 332 g/mol. The Hall–Kier alpha value is -0.880. The van der Waals surface area contributed by atoms with Gasteiger partial charge in [-0.1, -0.05) is 0 Å². The molecule has 1 fully saturated rings. The van der Waals surface area contributed by atoms with Crippen LogP contribution in [0.25, 0.3) is 0 Å². The summed E-state index contributed by atoms with van der Waals surface area (Å²) in [6.45, 7) is 2.11. The van der Waals surface area contributed by atoms with Crippen LogP contribution in [0.5, 0.6) is 0 Å². The van der Waals surface area contributed by atoms with Gasteiger partial charge < -0.3 is 9.47 Å². The lowest BCUT2D eigenvalue weighted by Gasteiger charge is -2.16. The van der Waals surface area contributed by atoms with Gasteiger partial charge in [-0.3, -0.25) is 4.79 Å². The van der Waals surface area contributed by atoms with Gasteiger partial charge >= 0.3 is 11.9 Å². The molecule has 4 nitrogen and oxygen atoms in total. The summed E-state index contributed by atoms with van der Waals surface area (Å²) < 4.78 is 11.1. The van der Waals surface area contributed by atoms with Gasteiger partial charge in [0.1, 0.15) is 11.0 Å². The van der Waals surface area contributed by atoms with Crippen LogP contribution in [0.3, 0.4) is 0 Å². The van der Waals surface area contributed by atoms with Gasteiger partial charge in [0.25, 0.3) is 0 Å². The summed E-state index contributed by atoms with van der Waals surface area (Å²) in [6, 6.07) is 1.80. The third kappa shape index (κ3) is 4.04. The van der Waals surface area contributed by atoms with Gasteiger partial charge in [0.05, 0.1) is 13.0 Å². The van der Waals surface area contributed by atoms with Crippen molar-refractivity contribution in [2.45, 2.75) is 32.3 Å². The Labute approximate surface area is 124 Å². The molecule has 0 radical (unpaired) electrons. The second kappa shape index (κ2) is 6.52. The molecule has 1 saturated carbocycles. The molecule has 0 saturated heterocycles. The summed E-state index contributed by atoms with van der Waals surface area (Å²) in [5.41, 5.74) is 0. The molecule has 2 rings (SSSR count). The molecular formula is C13H15BrO4S. The van der Waals surface area contributed by atoms with Gasteiger partial charge in [0, 0.05) is 4.47 Å². The highest BCUT2D eigenvalue weighted by molar-refractivity contribution is 9.10. The largest absolute Gasteiger partial charge is 0.466 e. The number of rotatable bonds is 6. The smallest absolute Gasteiger partial charge is 0.349 e. The van der Waals surface area contributed by atoms with E-state index in [2.05, 4.69) is 15.9 Å². The molecule has 1 unspecified atom stereocenters. The van der Waals surface area contributed by atoms with Gasteiger partial charge in [-0.05, 0) is 53.1 Å². The van der Waals surface area contributed by atoms with E-state index in [0.29, 0.717) is 17.4 Å². The van der Waals surface area contributed by atoms with E-state index in [1.807, 2.05) is 5.38 Å². The van der Waals surface area contributed by atoms with Crippen molar-refractivity contribution in [1.29, 1.82) is 0 Å². The second-order valence-electron chi connectivity index (χ2n) is 4.39. The molecule has 1 aliphatic carbocycles. The Kier molecular flexibility index (Phi) is 4.99. The van der Waals surface area contributed by atoms with Crippen molar-refractivity contribution in [3.8, 4) is 0 Å². The summed E-state index contributed by atoms with van der Waals surface area (Å²) in [7, 11) is 0. The maximum absolute atomic E-state index is 12.0. The van der Waals surface area contributed by atoms with Crippen LogP contribution in [-0.2, 0) is 14.3 Å². The highest BCUT2D eigenvalue weighted by Gasteiger charge is 2.36. The zero-order valence-electron chi connectivity index (χ0n) is 10.6. The van der Waals surface area contributed by atoms with Gasteiger partial charge in [-0.25, -0.2) is 4.79 Å². The fourth-order valence-electron chi connectivity index (χ4n) is 1.79. The average Bonchev–Trinajstić information content (AvgIpc) is 3.11. The van der Waals surface area contributed by atoms with E-state index in [1.165, 1.54) is 11.3 Å². The number of halogens is 1. The van der Waals surface area contributed by atoms with E-state index in [1.54, 1.807) is 13.0 Å². The summed E-state index contributed by atoms with van der Waals surface area (Å²) >= 11 is 4.63. The van der Waals surface area contributed by atoms with Crippen molar-refractivity contribution < 1.29 is 19.1 Å². The Bertz CT molecular complexity index is 467. The predicted molar refractivity (Wildman–Crippen MR) is 75.2 cm³/mol. The average molecular weight is 347 g/mol. The van der Waals surface area contributed by atoms with Crippen LogP contribution < -0.4 is 0 Å². The zero-order chi connectivity index (χ0) is 13.8. The van der Waals surface area contributed by atoms with Crippen LogP contribution in [0.4, 0.5) is 0 Å². The third-order valence-corrected chi connectivity index (χ3v) is 4.70. The van der Waals surface area contributed by atoms with E-state index < -0.39 is 0 Å². The molecule has 6 heteroatoms. The first kappa shape index (κ1) is 14.5. The number of hydrogen-bond acceptors (Lipinski definition) is 5. The van der Waals surface area contributed by atoms with Gasteiger partial charge in [-0.2, -0.15) is 0 Å². The number of hydrogen-bond donors (Lipinski definition) is 0. The Morgan fingerprint density at radius 1 is 1.53 bits per heavy atom. The molecule has 1 atom stereocenters. The number of esters is 2. The molecule has 0 aliphatic heterocycles. The minimum absolute atomic E-state index is 0.146. The Morgan fingerprint density at radius 2 is 2.26 bits per heavy atom. The number of thiophene rings is 1. The van der Waals surface area contributed by atoms with Crippen molar-refractivity contribution in [2.75, 3.05) is 6.61 Å². The fraction of sp³-hybridized carbons (Fsp3) is 0.538. The highest BCUT2D eigenvalue weighted by atomic mass is 79.9. The molecule has 1 heterocycles. The van der Waals surface area contributed by atoms with Gasteiger partial charge in [0.15, 0.2) is 0 Å². The maximum atomic E-state index is 12.0. The minimum atomic E-state index is -0.372. The summed E-state index contributed by atoms with van der Waals surface area (Å²) in [6.07, 6.45) is 1.79. The summed E-state index contributed by atoms with van der Waals surface area (Å²) in [5, 5.41) is 1.82. The standard InChI is InChI=1S/C13H15BrO4S/c1-2-17-11(15)7-10(8-3-4-8)18-13(16)12-9(14)5-6-19-12/h5-6,8,10H,2-4,7H2,1H3. The molecule has 1 aliphatic rings. The van der Waals surface area contributed by atoms with E-state index in [-0.39, 0.29) is 24.5 Å². The number of carbonyl (C=O) groups is 2. The van der Waals surface area contributed by atoms with Gasteiger partial charge in [-0.15, -0.1) is 11.3 Å². The molecule has 1 aromatic rings. The quantitative estimate of drug-likeness (QED) is 0.740. The van der Waals surface area contributed by atoms with Crippen LogP contribution in [0, 0.1) is 5.92 Å². The molecule has 1 aromatic heterocycles. The molecule has 0 amide bonds. The summed E-state index contributed by atoms with van der Waals surface area (Å²) in [4.78, 5) is 24.1. The van der Waals surface area contributed by atoms with Gasteiger partial charge in [0.2, 0.25) is 0 Å². The first-order valence-corrected chi connectivity index (χ1v) is 7.88. The number of carbonyl (C=O) groups excluding carboxylic acids is 2. The van der Waals surface area contributed by atoms with Crippen LogP contribution >= 0.6 is 27.3 Å². The minimum Gasteiger partial charge on any atom is -0.466 e. The molecule has 0 spiro atoms. The zero-order valence-corrected chi connectivity index (χ0v) is 13.0. The lowest BCUT2D eigenvalue weighted by Crippen LogP contribution is -2.24. The SMILES string of the molecule is CCOC(=O)CC(OC(=O)c1sccc1Br)C1CC1. The fourth-order valence-corrected chi connectivity index (χ4v) is 3.20. The number of ether oxygens (including phenoxy) is 2. The normalized spacial score (nSPS) is 15.9. The summed E-state index contributed by atoms with van der Waals surface area (Å²) in [5.74, 6) is -0.382. The van der Waals surface area contributed by atoms with Crippen molar-refractivity contribution in [3.63, 3.8) is 0 Å². The molecule has 0 bridgehead atoms. The molecule has 0 aromatic carbocycles. The van der Waals surface area contributed by atoms with Crippen molar-refractivity contribution in [3.05, 3.63) is 20.8 Å². The van der Waals surface area contributed by atoms with Crippen molar-refractivity contribution >= 4 is 39.2 Å². The van der Waals surface area contributed by atoms with E-state index in [4.69, 9.17) is 9.47 Å². The third-order valence-electron chi connectivity index (χ3n) is 2.88. The predicted octanol–water partition coefficient (Wildman–Crippen LogP) is 3.40. The molecule has 19 heavy (non-hydrogen) atoms. The molecule has 0 N–H and O–H groups in total. The Morgan fingerprint density at radius 3 is 2.79 bits per heavy atom.